The van der Waals surface area contributed by atoms with Crippen molar-refractivity contribution in [2.75, 3.05) is 62.0 Å². The van der Waals surface area contributed by atoms with Crippen LogP contribution in [-0.2, 0) is 64.4 Å². The van der Waals surface area contributed by atoms with Crippen molar-refractivity contribution in [3.05, 3.63) is 125 Å². The first-order chi connectivity index (χ1) is 49.6. The molecule has 6 aliphatic rings. The van der Waals surface area contributed by atoms with Gasteiger partial charge in [-0.3, -0.25) is 43.7 Å². The molecule has 4 saturated carbocycles. The van der Waals surface area contributed by atoms with Crippen molar-refractivity contribution < 1.29 is 72.4 Å². The molecule has 4 bridgehead atoms. The highest BCUT2D eigenvalue weighted by Crippen LogP contribution is 2.72. The Bertz CT molecular complexity index is 4250. The number of nitrogens with one attached hydrogen (secondary N) is 5. The molecule has 552 valence electrons. The molecule has 4 aliphatic carbocycles. The predicted octanol–water partition coefficient (Wildman–Crippen LogP) is 9.13. The molecule has 4 atom stereocenters. The SMILES string of the molecule is Cc1c(-c2ccc(N3CCc4c(OCC(=O)O)ccc(C(=O)Nc5nc6ccccc6s5)c4C3)nc2C(=O)O)cnn1CC12CC3(C)CC(C)(C1)CC(OCCN(C)C(=O)OCc1ccc(NC(=O)[C@H](CCCCNC(N)=O)NC(=O)[C@@H](NC(=O)CCCCCN4C(=O)C=CC4=O)C(C)C)cc1)(C3)C2. The molecule has 2 unspecified atom stereocenters. The lowest BCUT2D eigenvalue weighted by Crippen LogP contribution is -2.64. The van der Waals surface area contributed by atoms with Crippen LogP contribution in [0.4, 0.5) is 26.2 Å². The van der Waals surface area contributed by atoms with Gasteiger partial charge in [0.15, 0.2) is 17.4 Å². The van der Waals surface area contributed by atoms with Crippen LogP contribution in [0, 0.1) is 29.1 Å². The van der Waals surface area contributed by atoms with Gasteiger partial charge in [0, 0.05) is 98.5 Å². The number of unbranched alkanes of at least 4 members (excludes halogenated alkanes) is 3. The standard InChI is InChI=1S/C75H91N13O15S/c1-45(2)63(83-59(89)17-8-7-13-30-87-60(90)26-27-61(87)91)67(96)80-55(15-11-12-29-77-69(76)99)66(95)79-48-20-18-47(19-21-48)36-102-71(100)85(6)32-33-103-75-41-72(4)38-73(5,42-75)40-74(39-72,43-75)44-88-46(3)52(34-78-88)50-23-25-58(82-64(50)68(97)98)86-31-28-49-53(35-86)51(22-24-56(49)101-37-62(92)93)65(94)84-70-81-54-14-9-10-16-57(54)104-70/h9-10,14,16,18-27,34,45,55,63H,7-8,11-13,15,17,28-33,35-44H2,1-6H3,(H,79,95)(H,80,96)(H,83,89)(H,92,93)(H,97,98)(H3,76,77,99)(H,81,84,94)/t55-,63-,72?,73?,74?,75?/m0/s1. The number of hydrogen-bond acceptors (Lipinski definition) is 18. The van der Waals surface area contributed by atoms with Crippen LogP contribution in [0.25, 0.3) is 21.3 Å². The zero-order valence-electron chi connectivity index (χ0n) is 59.5. The van der Waals surface area contributed by atoms with Crippen LogP contribution in [0.5, 0.6) is 5.75 Å². The summed E-state index contributed by atoms with van der Waals surface area (Å²) in [7, 11) is 1.66. The molecule has 9 N–H and O–H groups in total. The number of pyridine rings is 1. The average molecular weight is 1450 g/mol. The van der Waals surface area contributed by atoms with Crippen LogP contribution in [-0.4, -0.2) is 163 Å². The van der Waals surface area contributed by atoms with Gasteiger partial charge in [0.25, 0.3) is 17.7 Å². The molecular formula is C75H91N13O15S. The number of carboxylic acid groups (broad SMARTS) is 2. The second kappa shape index (κ2) is 31.8. The van der Waals surface area contributed by atoms with E-state index in [1.54, 1.807) is 75.6 Å². The van der Waals surface area contributed by atoms with Crippen LogP contribution >= 0.6 is 11.3 Å². The van der Waals surface area contributed by atoms with Gasteiger partial charge in [-0.15, -0.1) is 0 Å². The summed E-state index contributed by atoms with van der Waals surface area (Å²) < 4.78 is 21.4. The maximum absolute atomic E-state index is 14.0. The molecular weight excluding hydrogens is 1350 g/mol. The topological polar surface area (TPSA) is 378 Å². The molecule has 2 aliphatic heterocycles. The number of nitrogens with two attached hydrogens (primary N) is 1. The van der Waals surface area contributed by atoms with Crippen LogP contribution in [0.15, 0.2) is 91.1 Å². The minimum absolute atomic E-state index is 0.0258. The van der Waals surface area contributed by atoms with Crippen molar-refractivity contribution in [3.8, 4) is 16.9 Å². The Kier molecular flexibility index (Phi) is 22.9. The number of nitrogens with zero attached hydrogens (tertiary/aromatic N) is 7. The Hall–Kier alpha value is -10.3. The molecule has 5 heterocycles. The van der Waals surface area contributed by atoms with E-state index in [0.717, 1.165) is 59.3 Å². The maximum Gasteiger partial charge on any atom is 0.409 e. The summed E-state index contributed by atoms with van der Waals surface area (Å²) in [5.41, 5.74) is 9.60. The summed E-state index contributed by atoms with van der Waals surface area (Å²) in [5, 5.41) is 39.6. The smallest absolute Gasteiger partial charge is 0.409 e. The Morgan fingerprint density at radius 1 is 0.788 bits per heavy atom. The number of aromatic nitrogens is 4. The first-order valence-electron chi connectivity index (χ1n) is 35.4. The van der Waals surface area contributed by atoms with Crippen molar-refractivity contribution in [2.45, 2.75) is 162 Å². The molecule has 3 aromatic carbocycles. The number of imide groups is 1. The zero-order chi connectivity index (χ0) is 74.3. The van der Waals surface area contributed by atoms with Crippen LogP contribution in [0.1, 0.15) is 154 Å². The summed E-state index contributed by atoms with van der Waals surface area (Å²) in [6, 6.07) is 18.4. The van der Waals surface area contributed by atoms with Crippen LogP contribution in [0.3, 0.4) is 0 Å². The number of aliphatic carboxylic acids is 1. The van der Waals surface area contributed by atoms with E-state index in [4.69, 9.17) is 30.0 Å². The number of anilines is 3. The number of amides is 9. The van der Waals surface area contributed by atoms with Gasteiger partial charge in [-0.2, -0.15) is 5.10 Å². The van der Waals surface area contributed by atoms with E-state index in [2.05, 4.69) is 45.4 Å². The van der Waals surface area contributed by atoms with Crippen molar-refractivity contribution in [1.29, 1.82) is 0 Å². The number of aromatic carboxylic acids is 1. The van der Waals surface area contributed by atoms with Gasteiger partial charge in [-0.1, -0.05) is 69.7 Å². The molecule has 0 saturated heterocycles. The molecule has 0 radical (unpaired) electrons. The van der Waals surface area contributed by atoms with E-state index in [-0.39, 0.29) is 97.8 Å². The van der Waals surface area contributed by atoms with Gasteiger partial charge in [-0.05, 0) is 166 Å². The second-order valence-electron chi connectivity index (χ2n) is 29.5. The maximum atomic E-state index is 14.0. The predicted molar refractivity (Wildman–Crippen MR) is 386 cm³/mol. The average Bonchev–Trinajstić information content (AvgIpc) is 0.699. The highest BCUT2D eigenvalue weighted by atomic mass is 32.1. The molecule has 3 aromatic heterocycles. The number of hydrogen-bond donors (Lipinski definition) is 8. The number of primary amides is 1. The number of carboxylic acids is 2. The van der Waals surface area contributed by atoms with E-state index in [9.17, 15) is 58.2 Å². The quantitative estimate of drug-likeness (QED) is 0.0140. The Balaban J connectivity index is 0.680. The molecule has 4 fully saturated rings. The highest BCUT2D eigenvalue weighted by molar-refractivity contribution is 7.22. The number of carbonyl (C=O) groups excluding carboxylic acids is 8. The van der Waals surface area contributed by atoms with Crippen molar-refractivity contribution in [2.24, 2.45) is 27.9 Å². The summed E-state index contributed by atoms with van der Waals surface area (Å²) in [5.74, 6) is -4.54. The van der Waals surface area contributed by atoms with Crippen molar-refractivity contribution >= 4 is 97.7 Å². The van der Waals surface area contributed by atoms with E-state index in [1.165, 1.54) is 28.4 Å². The van der Waals surface area contributed by atoms with Crippen LogP contribution in [0.2, 0.25) is 0 Å². The first kappa shape index (κ1) is 74.9. The summed E-state index contributed by atoms with van der Waals surface area (Å²) >= 11 is 1.34. The van der Waals surface area contributed by atoms with Gasteiger partial charge in [-0.25, -0.2) is 29.1 Å². The van der Waals surface area contributed by atoms with E-state index in [1.807, 2.05) is 40.8 Å². The lowest BCUT2D eigenvalue weighted by molar-refractivity contribution is -0.248. The second-order valence-corrected chi connectivity index (χ2v) is 30.6. The normalized spacial score (nSPS) is 20.6. The third-order valence-corrected chi connectivity index (χ3v) is 21.4. The van der Waals surface area contributed by atoms with Crippen molar-refractivity contribution in [3.63, 3.8) is 0 Å². The van der Waals surface area contributed by atoms with Gasteiger partial charge >= 0.3 is 24.1 Å². The van der Waals surface area contributed by atoms with Gasteiger partial charge in [0.2, 0.25) is 17.7 Å². The molecule has 9 amide bonds. The van der Waals surface area contributed by atoms with Gasteiger partial charge in [0.1, 0.15) is 30.3 Å². The fourth-order valence-corrected chi connectivity index (χ4v) is 17.7. The Labute approximate surface area is 606 Å². The summed E-state index contributed by atoms with van der Waals surface area (Å²) in [6.45, 7) is 11.7. The summed E-state index contributed by atoms with van der Waals surface area (Å²) in [6.07, 6.45) is 12.2. The lowest BCUT2D eigenvalue weighted by Gasteiger charge is -2.69. The largest absolute Gasteiger partial charge is 0.482 e. The van der Waals surface area contributed by atoms with E-state index < -0.39 is 66.1 Å². The summed E-state index contributed by atoms with van der Waals surface area (Å²) in [4.78, 5) is 142. The number of likely N-dealkylation sites (N-methyl/N-ethyl adjacent to an activating group) is 1. The highest BCUT2D eigenvalue weighted by Gasteiger charge is 2.66. The first-order valence-corrected chi connectivity index (χ1v) is 36.2. The monoisotopic (exact) mass is 1450 g/mol. The van der Waals surface area contributed by atoms with Gasteiger partial charge in [0.05, 0.1) is 28.6 Å². The molecule has 6 aromatic rings. The lowest BCUT2D eigenvalue weighted by atomic mass is 9.39. The molecule has 12 rings (SSSR count). The Morgan fingerprint density at radius 3 is 2.23 bits per heavy atom. The molecule has 29 heteroatoms. The van der Waals surface area contributed by atoms with Gasteiger partial charge < -0.3 is 61.2 Å². The molecule has 28 nitrogen and oxygen atoms in total. The van der Waals surface area contributed by atoms with Crippen molar-refractivity contribution in [1.82, 2.24) is 45.5 Å². The minimum Gasteiger partial charge on any atom is -0.482 e. The number of rotatable bonds is 33. The Morgan fingerprint density at radius 2 is 1.53 bits per heavy atom. The third-order valence-electron chi connectivity index (χ3n) is 20.5. The number of carbonyl (C=O) groups is 10. The zero-order valence-corrected chi connectivity index (χ0v) is 60.3. The van der Waals surface area contributed by atoms with E-state index >= 15 is 0 Å². The fourth-order valence-electron chi connectivity index (χ4n) is 16.8. The number of fused-ring (bicyclic) bond motifs is 2. The van der Waals surface area contributed by atoms with Crippen LogP contribution < -0.4 is 42.0 Å². The number of urea groups is 1. The number of thiazole rings is 1. The number of para-hydroxylation sites is 1. The molecule has 0 spiro atoms. The number of benzene rings is 3. The third kappa shape index (κ3) is 17.8. The van der Waals surface area contributed by atoms with E-state index in [0.29, 0.717) is 107 Å². The molecule has 104 heavy (non-hydrogen) atoms. The minimum atomic E-state index is -1.22. The fraction of sp³-hybridized carbons (Fsp3) is 0.480. The number of ether oxygens (including phenoxy) is 3.